The average molecular weight is 246 g/mol. The second-order valence-electron chi connectivity index (χ2n) is 3.63. The van der Waals surface area contributed by atoms with E-state index in [0.29, 0.717) is 16.8 Å². The molecule has 0 aliphatic rings. The van der Waals surface area contributed by atoms with E-state index >= 15 is 0 Å². The fraction of sp³-hybridized carbons (Fsp3) is 0.0833. The summed E-state index contributed by atoms with van der Waals surface area (Å²) in [7, 11) is 1.51. The van der Waals surface area contributed by atoms with E-state index in [2.05, 4.69) is 15.5 Å². The molecule has 1 amide bonds. The highest BCUT2D eigenvalue weighted by atomic mass is 19.1. The first kappa shape index (κ1) is 12.0. The number of nitrogens with one attached hydrogen (secondary N) is 1. The molecule has 0 bridgehead atoms. The van der Waals surface area contributed by atoms with Gasteiger partial charge in [0.05, 0.1) is 18.1 Å². The Balaban J connectivity index is 2.57. The molecule has 3 N–H and O–H groups in total. The van der Waals surface area contributed by atoms with Crippen LogP contribution in [0.5, 0.6) is 0 Å². The van der Waals surface area contributed by atoms with Gasteiger partial charge in [-0.3, -0.25) is 4.79 Å². The Hall–Kier alpha value is -2.50. The number of nitrogens with zero attached hydrogens (tertiary/aromatic N) is 2. The van der Waals surface area contributed by atoms with Crippen LogP contribution in [0.25, 0.3) is 11.1 Å². The Morgan fingerprint density at radius 3 is 2.67 bits per heavy atom. The van der Waals surface area contributed by atoms with Crippen LogP contribution in [-0.2, 0) is 0 Å². The maximum absolute atomic E-state index is 13.8. The monoisotopic (exact) mass is 246 g/mol. The lowest BCUT2D eigenvalue weighted by Crippen LogP contribution is -2.17. The van der Waals surface area contributed by atoms with Gasteiger partial charge < -0.3 is 11.1 Å². The zero-order valence-electron chi connectivity index (χ0n) is 9.64. The summed E-state index contributed by atoms with van der Waals surface area (Å²) in [6.45, 7) is 0. The normalized spacial score (nSPS) is 10.1. The summed E-state index contributed by atoms with van der Waals surface area (Å²) < 4.78 is 13.8. The van der Waals surface area contributed by atoms with Crippen molar-refractivity contribution in [2.75, 3.05) is 12.8 Å². The Labute approximate surface area is 103 Å². The second-order valence-corrected chi connectivity index (χ2v) is 3.63. The van der Waals surface area contributed by atoms with E-state index in [4.69, 9.17) is 5.73 Å². The van der Waals surface area contributed by atoms with Crippen molar-refractivity contribution in [1.29, 1.82) is 0 Å². The molecule has 6 heteroatoms. The number of nitrogens with two attached hydrogens (primary N) is 1. The lowest BCUT2D eigenvalue weighted by molar-refractivity contribution is 0.0963. The predicted molar refractivity (Wildman–Crippen MR) is 65.2 cm³/mol. The molecule has 2 aromatic rings. The van der Waals surface area contributed by atoms with E-state index in [9.17, 15) is 9.18 Å². The predicted octanol–water partition coefficient (Wildman–Crippen LogP) is 1.22. The number of halogens is 1. The van der Waals surface area contributed by atoms with E-state index in [1.165, 1.54) is 37.6 Å². The number of benzene rings is 1. The molecule has 0 aliphatic carbocycles. The summed E-state index contributed by atoms with van der Waals surface area (Å²) in [5.74, 6) is -0.765. The lowest BCUT2D eigenvalue weighted by Gasteiger charge is -2.07. The van der Waals surface area contributed by atoms with Crippen LogP contribution in [0, 0.1) is 5.82 Å². The van der Waals surface area contributed by atoms with Gasteiger partial charge in [-0.1, -0.05) is 0 Å². The minimum absolute atomic E-state index is 0.225. The van der Waals surface area contributed by atoms with Gasteiger partial charge in [-0.25, -0.2) is 4.39 Å². The number of hydrogen-bond acceptors (Lipinski definition) is 4. The van der Waals surface area contributed by atoms with Crippen molar-refractivity contribution in [3.63, 3.8) is 0 Å². The third-order valence-electron chi connectivity index (χ3n) is 2.51. The molecular weight excluding hydrogens is 235 g/mol. The maximum atomic E-state index is 13.8. The standard InChI is InChI=1S/C12H11FN4O/c1-15-12(18)7-2-3-10(13)8(4-7)9-5-16-17-6-11(9)14/h2-6H,1H3,(H2,14,16)(H,15,18). The number of anilines is 1. The van der Waals surface area contributed by atoms with Crippen molar-refractivity contribution in [3.05, 3.63) is 42.0 Å². The number of carbonyl (C=O) groups is 1. The average Bonchev–Trinajstić information content (AvgIpc) is 2.39. The van der Waals surface area contributed by atoms with Crippen LogP contribution in [0.2, 0.25) is 0 Å². The Morgan fingerprint density at radius 2 is 2.00 bits per heavy atom. The number of hydrogen-bond donors (Lipinski definition) is 2. The molecule has 0 aliphatic heterocycles. The van der Waals surface area contributed by atoms with Crippen LogP contribution in [0.4, 0.5) is 10.1 Å². The molecule has 1 heterocycles. The number of nitrogen functional groups attached to an aromatic ring is 1. The van der Waals surface area contributed by atoms with Gasteiger partial charge in [0.1, 0.15) is 5.82 Å². The third-order valence-corrected chi connectivity index (χ3v) is 2.51. The van der Waals surface area contributed by atoms with Crippen molar-refractivity contribution < 1.29 is 9.18 Å². The van der Waals surface area contributed by atoms with Gasteiger partial charge in [0.25, 0.3) is 5.91 Å². The van der Waals surface area contributed by atoms with Gasteiger partial charge >= 0.3 is 0 Å². The summed E-state index contributed by atoms with van der Waals surface area (Å²) in [5.41, 5.74) is 7.00. The molecule has 1 aromatic heterocycles. The molecule has 0 fully saturated rings. The molecule has 0 saturated heterocycles. The SMILES string of the molecule is CNC(=O)c1ccc(F)c(-c2cnncc2N)c1. The first-order valence-electron chi connectivity index (χ1n) is 5.21. The fourth-order valence-corrected chi connectivity index (χ4v) is 1.57. The van der Waals surface area contributed by atoms with Crippen molar-refractivity contribution >= 4 is 11.6 Å². The number of carbonyl (C=O) groups excluding carboxylic acids is 1. The minimum atomic E-state index is -0.470. The number of amides is 1. The largest absolute Gasteiger partial charge is 0.397 e. The van der Waals surface area contributed by atoms with E-state index < -0.39 is 5.82 Å². The highest BCUT2D eigenvalue weighted by molar-refractivity contribution is 5.95. The molecule has 5 nitrogen and oxygen atoms in total. The van der Waals surface area contributed by atoms with Crippen LogP contribution >= 0.6 is 0 Å². The minimum Gasteiger partial charge on any atom is -0.397 e. The van der Waals surface area contributed by atoms with Gasteiger partial charge in [0.15, 0.2) is 0 Å². The van der Waals surface area contributed by atoms with Crippen LogP contribution in [0.3, 0.4) is 0 Å². The maximum Gasteiger partial charge on any atom is 0.251 e. The van der Waals surface area contributed by atoms with Gasteiger partial charge in [0, 0.05) is 23.7 Å². The Morgan fingerprint density at radius 1 is 1.28 bits per heavy atom. The Kier molecular flexibility index (Phi) is 3.18. The van der Waals surface area contributed by atoms with Gasteiger partial charge in [-0.05, 0) is 18.2 Å². The first-order valence-corrected chi connectivity index (χ1v) is 5.21. The van der Waals surface area contributed by atoms with Gasteiger partial charge in [-0.15, -0.1) is 0 Å². The van der Waals surface area contributed by atoms with Crippen molar-refractivity contribution in [2.24, 2.45) is 0 Å². The van der Waals surface area contributed by atoms with E-state index in [1.54, 1.807) is 0 Å². The fourth-order valence-electron chi connectivity index (χ4n) is 1.57. The van der Waals surface area contributed by atoms with Crippen LogP contribution in [0.15, 0.2) is 30.6 Å². The zero-order valence-corrected chi connectivity index (χ0v) is 9.64. The summed E-state index contributed by atoms with van der Waals surface area (Å²) >= 11 is 0. The molecule has 1 aromatic carbocycles. The second kappa shape index (κ2) is 4.79. The first-order chi connectivity index (χ1) is 8.63. The summed E-state index contributed by atoms with van der Waals surface area (Å²) in [5, 5.41) is 9.73. The molecule has 0 spiro atoms. The van der Waals surface area contributed by atoms with E-state index in [1.807, 2.05) is 0 Å². The highest BCUT2D eigenvalue weighted by Gasteiger charge is 2.12. The summed E-state index contributed by atoms with van der Waals surface area (Å²) in [6.07, 6.45) is 2.70. The van der Waals surface area contributed by atoms with Crippen LogP contribution in [0.1, 0.15) is 10.4 Å². The van der Waals surface area contributed by atoms with Crippen LogP contribution in [-0.4, -0.2) is 23.2 Å². The highest BCUT2D eigenvalue weighted by Crippen LogP contribution is 2.27. The van der Waals surface area contributed by atoms with Gasteiger partial charge in [0.2, 0.25) is 0 Å². The zero-order chi connectivity index (χ0) is 13.1. The molecule has 18 heavy (non-hydrogen) atoms. The van der Waals surface area contributed by atoms with Crippen molar-refractivity contribution in [3.8, 4) is 11.1 Å². The van der Waals surface area contributed by atoms with Crippen molar-refractivity contribution in [1.82, 2.24) is 15.5 Å². The van der Waals surface area contributed by atoms with Crippen molar-refractivity contribution in [2.45, 2.75) is 0 Å². The van der Waals surface area contributed by atoms with E-state index in [-0.39, 0.29) is 11.5 Å². The number of rotatable bonds is 2. The summed E-state index contributed by atoms with van der Waals surface area (Å²) in [6, 6.07) is 4.06. The molecule has 0 atom stereocenters. The lowest BCUT2D eigenvalue weighted by atomic mass is 10.0. The number of aromatic nitrogens is 2. The third kappa shape index (κ3) is 2.13. The molecule has 0 unspecified atom stereocenters. The van der Waals surface area contributed by atoms with Gasteiger partial charge in [-0.2, -0.15) is 10.2 Å². The van der Waals surface area contributed by atoms with E-state index in [0.717, 1.165) is 0 Å². The smallest absolute Gasteiger partial charge is 0.251 e. The molecule has 2 rings (SSSR count). The van der Waals surface area contributed by atoms with Crippen LogP contribution < -0.4 is 11.1 Å². The Bertz CT molecular complexity index is 600. The molecular formula is C12H11FN4O. The quantitative estimate of drug-likeness (QED) is 0.835. The molecule has 0 radical (unpaired) electrons. The summed E-state index contributed by atoms with van der Waals surface area (Å²) in [4.78, 5) is 11.5. The topological polar surface area (TPSA) is 80.9 Å². The molecule has 92 valence electrons. The molecule has 0 saturated carbocycles.